The minimum Gasteiger partial charge on any atom is -0.450 e. The van der Waals surface area contributed by atoms with E-state index in [-0.39, 0.29) is 5.96 Å². The van der Waals surface area contributed by atoms with Gasteiger partial charge in [-0.15, -0.1) is 0 Å². The normalized spacial score (nSPS) is 33.2. The molecule has 3 rings (SSSR count). The van der Waals surface area contributed by atoms with Crippen molar-refractivity contribution >= 4 is 37.7 Å². The third kappa shape index (κ3) is 3.35. The maximum atomic E-state index is 11.3. The van der Waals surface area contributed by atoms with Crippen molar-refractivity contribution in [2.45, 2.75) is 29.6 Å². The summed E-state index contributed by atoms with van der Waals surface area (Å²) in [7, 11) is -10.3. The fourth-order valence-electron chi connectivity index (χ4n) is 3.51. The molecular weight excluding hydrogens is 444 g/mol. The highest BCUT2D eigenvalue weighted by Crippen LogP contribution is 2.45. The lowest BCUT2D eigenvalue weighted by Gasteiger charge is -2.48. The number of nitrogens with zero attached hydrogens (tertiary/aromatic N) is 3. The molecule has 164 valence electrons. The molecule has 1 spiro atoms. The third-order valence-electron chi connectivity index (χ3n) is 4.57. The fraction of sp³-hybridized carbons (Fsp3) is 0.700. The average Bonchev–Trinajstić information content (AvgIpc) is 3.00. The number of carbonyl (C=O) groups is 1. The van der Waals surface area contributed by atoms with Crippen LogP contribution >= 0.6 is 0 Å². The predicted octanol–water partition coefficient (Wildman–Crippen LogP) is -5.12. The Balaban J connectivity index is 1.99. The largest absolute Gasteiger partial charge is 0.451 e. The lowest BCUT2D eigenvalue weighted by Crippen LogP contribution is -2.77. The van der Waals surface area contributed by atoms with Crippen molar-refractivity contribution in [2.24, 2.45) is 21.5 Å². The second-order valence-electron chi connectivity index (χ2n) is 6.29. The zero-order valence-corrected chi connectivity index (χ0v) is 15.7. The highest BCUT2D eigenvalue weighted by atomic mass is 32.3. The number of nitrogens with two attached hydrogens (primary N) is 2. The van der Waals surface area contributed by atoms with Crippen molar-refractivity contribution in [1.29, 1.82) is 0 Å². The van der Waals surface area contributed by atoms with Gasteiger partial charge in [0.05, 0.1) is 6.54 Å². The van der Waals surface area contributed by atoms with Crippen LogP contribution in [0.5, 0.6) is 0 Å². The van der Waals surface area contributed by atoms with E-state index in [1.807, 2.05) is 0 Å². The number of hydrogen-bond donors (Lipinski definition) is 7. The molecule has 1 saturated heterocycles. The number of guanidine groups is 2. The second-order valence-corrected chi connectivity index (χ2v) is 8.62. The maximum absolute atomic E-state index is 11.3. The maximum Gasteiger partial charge on any atom is 0.451 e. The first-order chi connectivity index (χ1) is 13.1. The van der Waals surface area contributed by atoms with Gasteiger partial charge < -0.3 is 36.6 Å². The molecule has 0 bridgehead atoms. The van der Waals surface area contributed by atoms with Crippen LogP contribution < -0.4 is 16.8 Å². The lowest BCUT2D eigenvalue weighted by molar-refractivity contribution is -0.252. The predicted molar refractivity (Wildman–Crippen MR) is 89.9 cm³/mol. The fourth-order valence-corrected chi connectivity index (χ4v) is 4.22. The first-order valence-electron chi connectivity index (χ1n) is 7.56. The van der Waals surface area contributed by atoms with Crippen molar-refractivity contribution in [3.05, 3.63) is 0 Å². The molecule has 3 aliphatic heterocycles. The summed E-state index contributed by atoms with van der Waals surface area (Å²) in [4.78, 5) is 20.1. The number of nitrogens with one attached hydrogen (secondary N) is 1. The van der Waals surface area contributed by atoms with Gasteiger partial charge in [-0.1, -0.05) is 0 Å². The molecule has 3 aliphatic rings. The first-order valence-corrected chi connectivity index (χ1v) is 10.4. The summed E-state index contributed by atoms with van der Waals surface area (Å²) in [6.07, 6.45) is -1.98. The molecule has 17 nitrogen and oxygen atoms in total. The molecule has 19 heteroatoms. The molecule has 9 N–H and O–H groups in total. The van der Waals surface area contributed by atoms with Gasteiger partial charge in [0.1, 0.15) is 18.7 Å². The topological polar surface area (TPSA) is 277 Å². The van der Waals surface area contributed by atoms with Crippen molar-refractivity contribution < 1.29 is 49.9 Å². The minimum absolute atomic E-state index is 0.365. The van der Waals surface area contributed by atoms with Crippen molar-refractivity contribution in [1.82, 2.24) is 10.2 Å². The Hall–Kier alpha value is -2.29. The van der Waals surface area contributed by atoms with Crippen LogP contribution in [0.2, 0.25) is 0 Å². The Bertz CT molecular complexity index is 1010. The van der Waals surface area contributed by atoms with Crippen LogP contribution in [0.3, 0.4) is 0 Å². The summed E-state index contributed by atoms with van der Waals surface area (Å²) in [5, 5.41) is 21.9. The number of ether oxygens (including phenoxy) is 1. The van der Waals surface area contributed by atoms with Gasteiger partial charge in [-0.25, -0.2) is 19.0 Å². The van der Waals surface area contributed by atoms with Crippen molar-refractivity contribution in [3.8, 4) is 0 Å². The van der Waals surface area contributed by atoms with Crippen LogP contribution in [-0.2, 0) is 29.4 Å². The Morgan fingerprint density at radius 3 is 2.41 bits per heavy atom. The molecule has 4 atom stereocenters. The van der Waals surface area contributed by atoms with E-state index >= 15 is 0 Å². The third-order valence-corrected chi connectivity index (χ3v) is 5.58. The van der Waals surface area contributed by atoms with E-state index in [2.05, 4.69) is 24.2 Å². The quantitative estimate of drug-likeness (QED) is 0.117. The smallest absolute Gasteiger partial charge is 0.450 e. The van der Waals surface area contributed by atoms with Gasteiger partial charge >= 0.3 is 25.8 Å². The number of aliphatic hydroxyl groups is 2. The van der Waals surface area contributed by atoms with Crippen LogP contribution in [0.4, 0.5) is 4.79 Å². The average molecular weight is 460 g/mol. The van der Waals surface area contributed by atoms with E-state index in [4.69, 9.17) is 20.6 Å². The Morgan fingerprint density at radius 2 is 1.86 bits per heavy atom. The molecule has 0 aromatic carbocycles. The number of carbonyl (C=O) groups excluding carboxylic acids is 1. The van der Waals surface area contributed by atoms with E-state index < -0.39 is 74.6 Å². The first kappa shape index (κ1) is 21.4. The van der Waals surface area contributed by atoms with Gasteiger partial charge in [-0.3, -0.25) is 9.11 Å². The molecule has 1 fully saturated rings. The summed E-state index contributed by atoms with van der Waals surface area (Å²) < 4.78 is 70.0. The van der Waals surface area contributed by atoms with E-state index in [9.17, 15) is 31.8 Å². The molecule has 0 aromatic heterocycles. The van der Waals surface area contributed by atoms with Crippen molar-refractivity contribution in [2.75, 3.05) is 13.2 Å². The molecule has 0 radical (unpaired) electrons. The summed E-state index contributed by atoms with van der Waals surface area (Å²) in [5.74, 6) is -3.90. The lowest BCUT2D eigenvalue weighted by atomic mass is 9.86. The van der Waals surface area contributed by atoms with Crippen molar-refractivity contribution in [3.63, 3.8) is 0 Å². The molecule has 0 amide bonds. The monoisotopic (exact) mass is 460 g/mol. The second kappa shape index (κ2) is 6.35. The highest BCUT2D eigenvalue weighted by Gasteiger charge is 2.74. The highest BCUT2D eigenvalue weighted by molar-refractivity contribution is 8.00. The van der Waals surface area contributed by atoms with Gasteiger partial charge in [0.15, 0.2) is 23.7 Å². The number of hydrogen-bond acceptors (Lipinski definition) is 15. The molecule has 0 saturated carbocycles. The summed E-state index contributed by atoms with van der Waals surface area (Å²) >= 11 is 0. The van der Waals surface area contributed by atoms with Crippen LogP contribution in [0.1, 0.15) is 0 Å². The summed E-state index contributed by atoms with van der Waals surface area (Å²) in [6, 6.07) is -2.75. The van der Waals surface area contributed by atoms with Crippen LogP contribution in [-0.4, -0.2) is 101 Å². The summed E-state index contributed by atoms with van der Waals surface area (Å²) in [5.41, 5.74) is 9.24. The zero-order valence-electron chi connectivity index (χ0n) is 14.1. The van der Waals surface area contributed by atoms with Gasteiger partial charge in [-0.2, -0.15) is 16.8 Å². The van der Waals surface area contributed by atoms with Gasteiger partial charge in [0.2, 0.25) is 5.79 Å². The van der Waals surface area contributed by atoms with Crippen LogP contribution in [0, 0.1) is 0 Å². The van der Waals surface area contributed by atoms with Gasteiger partial charge in [0, 0.05) is 0 Å². The van der Waals surface area contributed by atoms with Crippen LogP contribution in [0.15, 0.2) is 9.98 Å². The Morgan fingerprint density at radius 1 is 1.24 bits per heavy atom. The number of aliphatic imine (C=N–C) groups is 2. The van der Waals surface area contributed by atoms with E-state index in [1.54, 1.807) is 0 Å². The van der Waals surface area contributed by atoms with Gasteiger partial charge in [0.25, 0.3) is 0 Å². The molecule has 0 aromatic rings. The molecule has 29 heavy (non-hydrogen) atoms. The Labute approximate surface area is 162 Å². The SMILES string of the molecule is NC1=N[C@H]2[C@H](COC(=O)S(=O)(=O)O)N=C(N)N3C[C@H](OS(=O)(=O)O)C(O)(O)[C@]23N1. The molecule has 0 aliphatic carbocycles. The molecular formula is C10H16N6O11S2. The van der Waals surface area contributed by atoms with E-state index in [0.717, 1.165) is 4.90 Å². The number of rotatable bonds is 4. The summed E-state index contributed by atoms with van der Waals surface area (Å²) in [6.45, 7) is -1.44. The van der Waals surface area contributed by atoms with Gasteiger partial charge in [-0.05, 0) is 0 Å². The molecule has 0 unspecified atom stereocenters. The zero-order chi connectivity index (χ0) is 22.0. The molecule has 3 heterocycles. The minimum atomic E-state index is -5.16. The Kier molecular flexibility index (Phi) is 4.69. The van der Waals surface area contributed by atoms with Crippen LogP contribution in [0.25, 0.3) is 0 Å². The standard InChI is InChI=1S/C10H16N6O11S2/c11-6-14-5-3(2-26-8(17)28(20,21)22)13-7(12)16-1-4(27-29(23,24)25)10(18,19)9(5,16)15-6/h3-5,18-19H,1-2H2,(H2,12,13)(H3,11,14,15)(H,20,21,22)(H,23,24,25)/t3-,4-,5-,9-/m0/s1. The van der Waals surface area contributed by atoms with E-state index in [1.165, 1.54) is 0 Å². The van der Waals surface area contributed by atoms with E-state index in [0.29, 0.717) is 0 Å².